The Labute approximate surface area is 161 Å². The first-order valence-electron chi connectivity index (χ1n) is 11.1. The molecule has 0 heterocycles. The van der Waals surface area contributed by atoms with Gasteiger partial charge in [-0.05, 0) is 30.6 Å². The summed E-state index contributed by atoms with van der Waals surface area (Å²) >= 11 is 0. The van der Waals surface area contributed by atoms with E-state index >= 15 is 0 Å². The molecular formula is C15H35NO7P2. The molecule has 0 aromatic carbocycles. The van der Waals surface area contributed by atoms with Crippen LogP contribution in [0, 0.1) is 17.7 Å². The highest BCUT2D eigenvalue weighted by molar-refractivity contribution is 7.72. The van der Waals surface area contributed by atoms with Gasteiger partial charge in [0.05, 0.1) is 0 Å². The summed E-state index contributed by atoms with van der Waals surface area (Å²) in [7, 11) is -10.3. The third-order valence-electron chi connectivity index (χ3n) is 3.72. The molecule has 10 heteroatoms. The van der Waals surface area contributed by atoms with Gasteiger partial charge in [0.15, 0.2) is 0 Å². The fraction of sp³-hybridized carbons (Fsp3) is 1.00. The highest BCUT2D eigenvalue weighted by atomic mass is 31.2. The minimum Gasteiger partial charge on any atom is -0.367 e. The minimum atomic E-state index is -5.67. The lowest BCUT2D eigenvalue weighted by atomic mass is 9.88. The smallest absolute Gasteiger partial charge is 0.367 e. The van der Waals surface area contributed by atoms with Gasteiger partial charge in [-0.25, -0.2) is 0 Å². The molecule has 0 saturated heterocycles. The maximum atomic E-state index is 12.1. The van der Waals surface area contributed by atoms with E-state index in [0.29, 0.717) is 7.11 Å². The topological polar surface area (TPSA) is 128 Å². The molecule has 4 atom stereocenters. The molecule has 0 amide bonds. The van der Waals surface area contributed by atoms with E-state index in [1.807, 2.05) is 0 Å². The number of nitrogens with zero attached hydrogens (tertiary/aromatic N) is 1. The van der Waals surface area contributed by atoms with Gasteiger partial charge < -0.3 is 29.2 Å². The van der Waals surface area contributed by atoms with E-state index in [4.69, 9.17) is 9.60 Å². The molecule has 0 aliphatic carbocycles. The highest BCUT2D eigenvalue weighted by Crippen LogP contribution is 2.71. The van der Waals surface area contributed by atoms with Crippen molar-refractivity contribution in [3.8, 4) is 0 Å². The predicted molar refractivity (Wildman–Crippen MR) is 98.3 cm³/mol. The Hall–Kier alpha value is 0.220. The summed E-state index contributed by atoms with van der Waals surface area (Å²) in [5, 5.41) is 6.79. The zero-order valence-electron chi connectivity index (χ0n) is 22.5. The minimum absolute atomic E-state index is 0.253. The Bertz CT molecular complexity index is 770. The van der Waals surface area contributed by atoms with E-state index in [0.717, 1.165) is 18.7 Å². The number of hydrogen-bond acceptors (Lipinski definition) is 5. The molecule has 0 aliphatic rings. The third-order valence-corrected chi connectivity index (χ3v) is 8.04. The lowest BCUT2D eigenvalue weighted by Crippen LogP contribution is -2.37. The highest BCUT2D eigenvalue weighted by Gasteiger charge is 2.60. The Morgan fingerprint density at radius 2 is 1.76 bits per heavy atom. The quantitative estimate of drug-likeness (QED) is 0.362. The fourth-order valence-electron chi connectivity index (χ4n) is 1.85. The van der Waals surface area contributed by atoms with Crippen LogP contribution in [0.1, 0.15) is 57.0 Å². The van der Waals surface area contributed by atoms with Crippen molar-refractivity contribution in [2.75, 3.05) is 26.7 Å². The van der Waals surface area contributed by atoms with Crippen LogP contribution < -0.4 is 0 Å². The summed E-state index contributed by atoms with van der Waals surface area (Å²) in [5.41, 5.74) is 0. The maximum Gasteiger partial charge on any atom is 0.371 e. The molecule has 0 aromatic rings. The lowest BCUT2D eigenvalue weighted by molar-refractivity contribution is 0.0997. The van der Waals surface area contributed by atoms with Crippen molar-refractivity contribution in [3.63, 3.8) is 0 Å². The van der Waals surface area contributed by atoms with Crippen molar-refractivity contribution >= 4 is 15.2 Å². The van der Waals surface area contributed by atoms with Gasteiger partial charge in [0.2, 0.25) is 0 Å². The first kappa shape index (κ1) is 15.2. The molecule has 0 saturated carbocycles. The van der Waals surface area contributed by atoms with Crippen LogP contribution in [0.4, 0.5) is 0 Å². The van der Waals surface area contributed by atoms with Gasteiger partial charge in [0, 0.05) is 36.2 Å². The summed E-state index contributed by atoms with van der Waals surface area (Å²) in [6.07, 6.45) is -4.08. The van der Waals surface area contributed by atoms with Crippen molar-refractivity contribution in [2.45, 2.75) is 52.5 Å². The van der Waals surface area contributed by atoms with Crippen LogP contribution in [0.15, 0.2) is 0 Å². The van der Waals surface area contributed by atoms with Crippen molar-refractivity contribution < 1.29 is 43.0 Å². The van der Waals surface area contributed by atoms with E-state index in [-0.39, 0.29) is 6.54 Å². The molecule has 4 unspecified atom stereocenters. The first-order valence-corrected chi connectivity index (χ1v) is 10.8. The molecule has 0 bridgehead atoms. The number of rotatable bonds is 12. The zero-order chi connectivity index (χ0) is 26.4. The van der Waals surface area contributed by atoms with Crippen molar-refractivity contribution in [1.29, 1.82) is 0 Å². The monoisotopic (exact) mass is 410 g/mol. The second-order valence-electron chi connectivity index (χ2n) is 5.84. The van der Waals surface area contributed by atoms with Gasteiger partial charge in [-0.3, -0.25) is 9.13 Å². The Kier molecular flexibility index (Phi) is 6.04. The molecule has 0 spiro atoms. The molecule has 0 radical (unpaired) electrons. The number of aliphatic hydroxyl groups is 1. The Morgan fingerprint density at radius 1 is 1.24 bits per heavy atom. The molecule has 0 aromatic heterocycles. The van der Waals surface area contributed by atoms with Gasteiger partial charge in [0.25, 0.3) is 5.08 Å². The standard InChI is InChI=1S/C15H35NO7P2/c1-7-16(11-13(4)10-14(5)12(2)3)9-8-15(17,24(18,19)20)25(21,22)23-6/h12-14,17H,7-11H2,1-6H3,(H,21,22)(H2,18,19,20)/i10D2,11D2,12D,13D,14D. The van der Waals surface area contributed by atoms with E-state index in [1.165, 1.54) is 20.8 Å². The zero-order valence-corrected chi connectivity index (χ0v) is 17.3. The van der Waals surface area contributed by atoms with Gasteiger partial charge in [-0.1, -0.05) is 34.6 Å². The van der Waals surface area contributed by atoms with Gasteiger partial charge in [-0.2, -0.15) is 0 Å². The van der Waals surface area contributed by atoms with Crippen LogP contribution in [0.2, 0.25) is 0 Å². The van der Waals surface area contributed by atoms with Crippen LogP contribution in [-0.4, -0.2) is 56.5 Å². The van der Waals surface area contributed by atoms with Crippen molar-refractivity contribution in [2.24, 2.45) is 17.7 Å². The van der Waals surface area contributed by atoms with Crippen LogP contribution in [0.25, 0.3) is 0 Å². The lowest BCUT2D eigenvalue weighted by Gasteiger charge is -2.34. The summed E-state index contributed by atoms with van der Waals surface area (Å²) in [6, 6.07) is 0. The second kappa shape index (κ2) is 9.95. The van der Waals surface area contributed by atoms with Gasteiger partial charge >= 0.3 is 15.2 Å². The maximum absolute atomic E-state index is 12.1. The third kappa shape index (κ3) is 7.04. The molecule has 0 fully saturated rings. The van der Waals surface area contributed by atoms with E-state index in [9.17, 15) is 28.9 Å². The van der Waals surface area contributed by atoms with E-state index in [1.54, 1.807) is 0 Å². The number of hydrogen-bond donors (Lipinski definition) is 4. The molecule has 0 aliphatic heterocycles. The molecule has 0 rings (SSSR count). The first-order chi connectivity index (χ1) is 13.7. The normalized spacial score (nSPS) is 28.5. The molecule has 8 nitrogen and oxygen atoms in total. The average Bonchev–Trinajstić information content (AvgIpc) is 2.59. The Morgan fingerprint density at radius 3 is 2.12 bits per heavy atom. The summed E-state index contributed by atoms with van der Waals surface area (Å²) in [4.78, 5) is 29.5. The second-order valence-corrected chi connectivity index (χ2v) is 10.2. The van der Waals surface area contributed by atoms with E-state index in [2.05, 4.69) is 4.52 Å². The molecular weight excluding hydrogens is 368 g/mol. The van der Waals surface area contributed by atoms with Crippen LogP contribution >= 0.6 is 15.2 Å². The van der Waals surface area contributed by atoms with Gasteiger partial charge in [0.1, 0.15) is 0 Å². The fourth-order valence-corrected chi connectivity index (χ4v) is 4.48. The van der Waals surface area contributed by atoms with Crippen LogP contribution in [0.5, 0.6) is 0 Å². The van der Waals surface area contributed by atoms with Crippen LogP contribution in [0.3, 0.4) is 0 Å². The average molecular weight is 410 g/mol. The van der Waals surface area contributed by atoms with Gasteiger partial charge in [-0.15, -0.1) is 0 Å². The van der Waals surface area contributed by atoms with Crippen molar-refractivity contribution in [3.05, 3.63) is 0 Å². The largest absolute Gasteiger partial charge is 0.371 e. The Balaban J connectivity index is 6.34. The van der Waals surface area contributed by atoms with Crippen LogP contribution in [-0.2, 0) is 13.7 Å². The van der Waals surface area contributed by atoms with Crippen molar-refractivity contribution in [1.82, 2.24) is 4.90 Å². The molecule has 25 heavy (non-hydrogen) atoms. The van der Waals surface area contributed by atoms with E-state index < -0.39 is 63.8 Å². The SMILES string of the molecule is [2H]C(C)(C)C([2H])(C)C([2H])([2H])C([2H])(C)C([2H])([2H])N(CC)CCC(O)(P(=O)(O)O)P(=O)(O)OC. The molecule has 152 valence electrons. The molecule has 4 N–H and O–H groups in total. The summed E-state index contributed by atoms with van der Waals surface area (Å²) in [5.74, 6) is -6.73. The predicted octanol–water partition coefficient (Wildman–Crippen LogP) is 2.67. The summed E-state index contributed by atoms with van der Waals surface area (Å²) in [6.45, 7) is 1.93. The summed E-state index contributed by atoms with van der Waals surface area (Å²) < 4.78 is 87.0.